The number of rotatable bonds is 3. The number of nitro benzene ring substituents is 1. The third-order valence-electron chi connectivity index (χ3n) is 2.05. The molecule has 8 heteroatoms. The van der Waals surface area contributed by atoms with Gasteiger partial charge in [-0.2, -0.15) is 0 Å². The van der Waals surface area contributed by atoms with Gasteiger partial charge in [-0.05, 0) is 12.1 Å². The van der Waals surface area contributed by atoms with Crippen LogP contribution in [0.2, 0.25) is 5.02 Å². The van der Waals surface area contributed by atoms with E-state index in [2.05, 4.69) is 9.97 Å². The summed E-state index contributed by atoms with van der Waals surface area (Å²) >= 11 is 7.21. The van der Waals surface area contributed by atoms with Gasteiger partial charge in [0.15, 0.2) is 0 Å². The van der Waals surface area contributed by atoms with Crippen molar-refractivity contribution in [1.82, 2.24) is 9.97 Å². The van der Waals surface area contributed by atoms with Crippen LogP contribution in [-0.2, 0) is 0 Å². The molecule has 2 N–H and O–H groups in total. The van der Waals surface area contributed by atoms with E-state index in [4.69, 9.17) is 17.3 Å². The zero-order valence-corrected chi connectivity index (χ0v) is 10.5. The van der Waals surface area contributed by atoms with Gasteiger partial charge in [0.25, 0.3) is 5.69 Å². The summed E-state index contributed by atoms with van der Waals surface area (Å²) in [5.41, 5.74) is 5.59. The lowest BCUT2D eigenvalue weighted by molar-refractivity contribution is -0.384. The Balaban J connectivity index is 2.24. The minimum absolute atomic E-state index is 0.0349. The van der Waals surface area contributed by atoms with Crippen molar-refractivity contribution in [3.63, 3.8) is 0 Å². The highest BCUT2D eigenvalue weighted by Gasteiger charge is 2.09. The van der Waals surface area contributed by atoms with Gasteiger partial charge in [-0.1, -0.05) is 23.4 Å². The van der Waals surface area contributed by atoms with E-state index in [0.29, 0.717) is 5.03 Å². The van der Waals surface area contributed by atoms with E-state index in [-0.39, 0.29) is 16.5 Å². The predicted molar refractivity (Wildman–Crippen MR) is 68.7 cm³/mol. The number of hydrogen-bond acceptors (Lipinski definition) is 6. The van der Waals surface area contributed by atoms with Gasteiger partial charge in [0.05, 0.1) is 4.92 Å². The van der Waals surface area contributed by atoms with Crippen molar-refractivity contribution in [2.24, 2.45) is 0 Å². The zero-order chi connectivity index (χ0) is 13.1. The average molecular weight is 283 g/mol. The SMILES string of the molecule is Nc1ncnc(Sc2ccc([N+](=O)[O-])cc2)c1Cl. The number of aromatic nitrogens is 2. The number of nitrogens with two attached hydrogens (primary N) is 1. The Labute approximate surface area is 111 Å². The molecule has 92 valence electrons. The maximum atomic E-state index is 10.5. The highest BCUT2D eigenvalue weighted by molar-refractivity contribution is 7.99. The average Bonchev–Trinajstić information content (AvgIpc) is 2.36. The monoisotopic (exact) mass is 282 g/mol. The number of nitro groups is 1. The van der Waals surface area contributed by atoms with Crippen LogP contribution < -0.4 is 5.73 Å². The Morgan fingerprint density at radius 1 is 1.28 bits per heavy atom. The van der Waals surface area contributed by atoms with Crippen LogP contribution in [0.25, 0.3) is 0 Å². The molecule has 2 rings (SSSR count). The van der Waals surface area contributed by atoms with Gasteiger partial charge in [0, 0.05) is 17.0 Å². The second-order valence-electron chi connectivity index (χ2n) is 3.23. The Morgan fingerprint density at radius 3 is 2.56 bits per heavy atom. The molecule has 18 heavy (non-hydrogen) atoms. The van der Waals surface area contributed by atoms with Crippen molar-refractivity contribution >= 4 is 34.9 Å². The first-order valence-electron chi connectivity index (χ1n) is 4.76. The third-order valence-corrected chi connectivity index (χ3v) is 3.54. The van der Waals surface area contributed by atoms with Gasteiger partial charge in [-0.15, -0.1) is 0 Å². The molecular formula is C10H7ClN4O2S. The molecular weight excluding hydrogens is 276 g/mol. The maximum Gasteiger partial charge on any atom is 0.269 e. The van der Waals surface area contributed by atoms with Gasteiger partial charge in [-0.25, -0.2) is 9.97 Å². The molecule has 0 saturated heterocycles. The van der Waals surface area contributed by atoms with Crippen LogP contribution >= 0.6 is 23.4 Å². The molecule has 0 atom stereocenters. The number of hydrogen-bond donors (Lipinski definition) is 1. The predicted octanol–water partition coefficient (Wildman–Crippen LogP) is 2.77. The maximum absolute atomic E-state index is 10.5. The molecule has 0 saturated carbocycles. The largest absolute Gasteiger partial charge is 0.382 e. The Morgan fingerprint density at radius 2 is 1.94 bits per heavy atom. The highest BCUT2D eigenvalue weighted by Crippen LogP contribution is 2.33. The molecule has 0 aliphatic carbocycles. The Hall–Kier alpha value is -1.86. The summed E-state index contributed by atoms with van der Waals surface area (Å²) in [6.07, 6.45) is 1.31. The second kappa shape index (κ2) is 5.19. The van der Waals surface area contributed by atoms with Crippen molar-refractivity contribution in [1.29, 1.82) is 0 Å². The van der Waals surface area contributed by atoms with E-state index in [1.54, 1.807) is 12.1 Å². The van der Waals surface area contributed by atoms with Gasteiger partial charge < -0.3 is 5.73 Å². The molecule has 6 nitrogen and oxygen atoms in total. The quantitative estimate of drug-likeness (QED) is 0.528. The summed E-state index contributed by atoms with van der Waals surface area (Å²) < 4.78 is 0. The van der Waals surface area contributed by atoms with E-state index in [1.807, 2.05) is 0 Å². The molecule has 1 aromatic carbocycles. The number of anilines is 1. The van der Waals surface area contributed by atoms with Crippen LogP contribution in [-0.4, -0.2) is 14.9 Å². The van der Waals surface area contributed by atoms with Crippen LogP contribution in [0.15, 0.2) is 40.5 Å². The topological polar surface area (TPSA) is 94.9 Å². The molecule has 0 bridgehead atoms. The van der Waals surface area contributed by atoms with Gasteiger partial charge in [0.2, 0.25) is 0 Å². The van der Waals surface area contributed by atoms with Crippen molar-refractivity contribution in [2.75, 3.05) is 5.73 Å². The second-order valence-corrected chi connectivity index (χ2v) is 4.67. The molecule has 0 amide bonds. The first-order valence-corrected chi connectivity index (χ1v) is 5.95. The van der Waals surface area contributed by atoms with Gasteiger partial charge in [-0.3, -0.25) is 10.1 Å². The summed E-state index contributed by atoms with van der Waals surface area (Å²) in [5.74, 6) is 0.205. The van der Waals surface area contributed by atoms with Crippen LogP contribution in [0, 0.1) is 10.1 Å². The number of halogens is 1. The van der Waals surface area contributed by atoms with E-state index in [9.17, 15) is 10.1 Å². The number of nitrogens with zero attached hydrogens (tertiary/aromatic N) is 3. The molecule has 2 aromatic rings. The Kier molecular flexibility index (Phi) is 3.63. The molecule has 0 radical (unpaired) electrons. The molecule has 0 aliphatic heterocycles. The van der Waals surface area contributed by atoms with Crippen LogP contribution in [0.4, 0.5) is 11.5 Å². The summed E-state index contributed by atoms with van der Waals surface area (Å²) in [6.45, 7) is 0. The number of benzene rings is 1. The lowest BCUT2D eigenvalue weighted by Gasteiger charge is -2.03. The molecule has 0 aliphatic rings. The number of nitrogen functional groups attached to an aromatic ring is 1. The Bertz CT molecular complexity index is 591. The third kappa shape index (κ3) is 2.69. The normalized spacial score (nSPS) is 10.3. The van der Waals surface area contributed by atoms with Gasteiger partial charge in [0.1, 0.15) is 22.2 Å². The van der Waals surface area contributed by atoms with Crippen LogP contribution in [0.1, 0.15) is 0 Å². The number of non-ortho nitro benzene ring substituents is 1. The molecule has 1 aromatic heterocycles. The van der Waals surface area contributed by atoms with Gasteiger partial charge >= 0.3 is 0 Å². The molecule has 0 spiro atoms. The zero-order valence-electron chi connectivity index (χ0n) is 8.91. The van der Waals surface area contributed by atoms with Crippen molar-refractivity contribution in [3.8, 4) is 0 Å². The van der Waals surface area contributed by atoms with E-state index in [1.165, 1.54) is 30.2 Å². The first kappa shape index (κ1) is 12.6. The lowest BCUT2D eigenvalue weighted by atomic mass is 10.3. The minimum atomic E-state index is -0.454. The summed E-state index contributed by atoms with van der Waals surface area (Å²) in [4.78, 5) is 18.6. The fraction of sp³-hybridized carbons (Fsp3) is 0. The summed E-state index contributed by atoms with van der Waals surface area (Å²) in [7, 11) is 0. The van der Waals surface area contributed by atoms with E-state index in [0.717, 1.165) is 4.90 Å². The smallest absolute Gasteiger partial charge is 0.269 e. The minimum Gasteiger partial charge on any atom is -0.382 e. The van der Waals surface area contributed by atoms with E-state index < -0.39 is 4.92 Å². The van der Waals surface area contributed by atoms with Crippen molar-refractivity contribution < 1.29 is 4.92 Å². The standard InChI is InChI=1S/C10H7ClN4O2S/c11-8-9(12)13-5-14-10(8)18-7-3-1-6(2-4-7)15(16)17/h1-5H,(H2,12,13,14). The van der Waals surface area contributed by atoms with E-state index >= 15 is 0 Å². The molecule has 0 fully saturated rings. The fourth-order valence-corrected chi connectivity index (χ4v) is 2.19. The highest BCUT2D eigenvalue weighted by atomic mass is 35.5. The molecule has 1 heterocycles. The van der Waals surface area contributed by atoms with Crippen molar-refractivity contribution in [3.05, 3.63) is 45.7 Å². The summed E-state index contributed by atoms with van der Waals surface area (Å²) in [6, 6.07) is 6.08. The lowest BCUT2D eigenvalue weighted by Crippen LogP contribution is -1.94. The van der Waals surface area contributed by atoms with Crippen molar-refractivity contribution in [2.45, 2.75) is 9.92 Å². The molecule has 0 unspecified atom stereocenters. The van der Waals surface area contributed by atoms with Crippen LogP contribution in [0.5, 0.6) is 0 Å². The summed E-state index contributed by atoms with van der Waals surface area (Å²) in [5, 5.41) is 11.3. The first-order chi connectivity index (χ1) is 8.58. The van der Waals surface area contributed by atoms with Crippen LogP contribution in [0.3, 0.4) is 0 Å². The fourth-order valence-electron chi connectivity index (χ4n) is 1.19.